The van der Waals surface area contributed by atoms with Gasteiger partial charge in [0.15, 0.2) is 0 Å². The summed E-state index contributed by atoms with van der Waals surface area (Å²) in [5.74, 6) is -0.254. The summed E-state index contributed by atoms with van der Waals surface area (Å²) in [6, 6.07) is 1.14. The highest BCUT2D eigenvalue weighted by Crippen LogP contribution is 2.26. The molecule has 0 unspecified atom stereocenters. The first kappa shape index (κ1) is 13.3. The summed E-state index contributed by atoms with van der Waals surface area (Å²) < 4.78 is 13.1. The molecule has 1 saturated carbocycles. The fourth-order valence-corrected chi connectivity index (χ4v) is 2.63. The van der Waals surface area contributed by atoms with Crippen LogP contribution in [-0.4, -0.2) is 29.4 Å². The lowest BCUT2D eigenvalue weighted by Gasteiger charge is -2.21. The fourth-order valence-electron chi connectivity index (χ4n) is 2.44. The standard InChI is InChI=1S/C13H16ClFN2O/c1-17(8-9-4-2-3-5-9)13(18)11-6-10(15)7-16-12(11)14/h6-7,9H,2-5,8H2,1H3. The van der Waals surface area contributed by atoms with Crippen molar-refractivity contribution in [1.82, 2.24) is 9.88 Å². The van der Waals surface area contributed by atoms with Crippen molar-refractivity contribution in [2.45, 2.75) is 25.7 Å². The van der Waals surface area contributed by atoms with Crippen molar-refractivity contribution in [3.8, 4) is 0 Å². The second-order valence-corrected chi connectivity index (χ2v) is 5.19. The van der Waals surface area contributed by atoms with E-state index in [1.165, 1.54) is 12.8 Å². The van der Waals surface area contributed by atoms with Crippen molar-refractivity contribution >= 4 is 17.5 Å². The molecular weight excluding hydrogens is 255 g/mol. The molecule has 1 heterocycles. The maximum Gasteiger partial charge on any atom is 0.256 e. The van der Waals surface area contributed by atoms with E-state index in [0.29, 0.717) is 12.5 Å². The third-order valence-electron chi connectivity index (χ3n) is 3.39. The Morgan fingerprint density at radius 1 is 1.56 bits per heavy atom. The summed E-state index contributed by atoms with van der Waals surface area (Å²) in [5, 5.41) is 0.0553. The van der Waals surface area contributed by atoms with Crippen LogP contribution in [0.3, 0.4) is 0 Å². The number of amides is 1. The molecule has 0 atom stereocenters. The maximum absolute atomic E-state index is 13.1. The molecule has 0 aliphatic heterocycles. The summed E-state index contributed by atoms with van der Waals surface area (Å²) in [5.41, 5.74) is 0.136. The molecule has 0 aromatic carbocycles. The second kappa shape index (κ2) is 5.65. The van der Waals surface area contributed by atoms with Crippen LogP contribution in [-0.2, 0) is 0 Å². The van der Waals surface area contributed by atoms with E-state index in [4.69, 9.17) is 11.6 Å². The molecule has 1 fully saturated rings. The van der Waals surface area contributed by atoms with Crippen LogP contribution in [0.15, 0.2) is 12.3 Å². The number of aromatic nitrogens is 1. The van der Waals surface area contributed by atoms with Crippen LogP contribution in [0.25, 0.3) is 0 Å². The van der Waals surface area contributed by atoms with Crippen LogP contribution in [0.4, 0.5) is 4.39 Å². The Hall–Kier alpha value is -1.16. The second-order valence-electron chi connectivity index (χ2n) is 4.83. The van der Waals surface area contributed by atoms with Crippen molar-refractivity contribution < 1.29 is 9.18 Å². The monoisotopic (exact) mass is 270 g/mol. The molecule has 1 aromatic heterocycles. The Bertz CT molecular complexity index is 447. The van der Waals surface area contributed by atoms with Crippen LogP contribution in [0.1, 0.15) is 36.0 Å². The molecule has 2 rings (SSSR count). The zero-order chi connectivity index (χ0) is 13.1. The number of carbonyl (C=O) groups is 1. The maximum atomic E-state index is 13.1. The van der Waals surface area contributed by atoms with Crippen LogP contribution < -0.4 is 0 Å². The molecule has 0 spiro atoms. The highest BCUT2D eigenvalue weighted by Gasteiger charge is 2.22. The van der Waals surface area contributed by atoms with E-state index >= 15 is 0 Å². The summed E-state index contributed by atoms with van der Waals surface area (Å²) in [6.07, 6.45) is 5.79. The lowest BCUT2D eigenvalue weighted by molar-refractivity contribution is 0.0772. The van der Waals surface area contributed by atoms with Crippen LogP contribution in [0.5, 0.6) is 0 Å². The SMILES string of the molecule is CN(CC1CCCC1)C(=O)c1cc(F)cnc1Cl. The van der Waals surface area contributed by atoms with Crippen molar-refractivity contribution in [3.05, 3.63) is 28.8 Å². The van der Waals surface area contributed by atoms with Gasteiger partial charge in [-0.1, -0.05) is 24.4 Å². The Labute approximate surface area is 111 Å². The van der Waals surface area contributed by atoms with Crippen LogP contribution in [0.2, 0.25) is 5.15 Å². The number of nitrogens with zero attached hydrogens (tertiary/aromatic N) is 2. The van der Waals surface area contributed by atoms with Crippen LogP contribution in [0, 0.1) is 11.7 Å². The molecule has 0 saturated heterocycles. The first-order chi connectivity index (χ1) is 8.58. The van der Waals surface area contributed by atoms with Gasteiger partial charge in [0.2, 0.25) is 0 Å². The summed E-state index contributed by atoms with van der Waals surface area (Å²) in [6.45, 7) is 0.700. The molecule has 3 nitrogen and oxygen atoms in total. The number of hydrogen-bond acceptors (Lipinski definition) is 2. The van der Waals surface area contributed by atoms with E-state index in [2.05, 4.69) is 4.98 Å². The molecule has 1 aliphatic rings. The quantitative estimate of drug-likeness (QED) is 0.791. The third-order valence-corrected chi connectivity index (χ3v) is 3.69. The molecular formula is C13H16ClFN2O. The number of carbonyl (C=O) groups excluding carboxylic acids is 1. The Balaban J connectivity index is 2.07. The highest BCUT2D eigenvalue weighted by atomic mass is 35.5. The predicted molar refractivity (Wildman–Crippen MR) is 68.1 cm³/mol. The minimum Gasteiger partial charge on any atom is -0.341 e. The molecule has 1 aromatic rings. The van der Waals surface area contributed by atoms with Gasteiger partial charge in [0, 0.05) is 13.6 Å². The molecule has 0 N–H and O–H groups in total. The lowest BCUT2D eigenvalue weighted by atomic mass is 10.1. The Morgan fingerprint density at radius 2 is 2.22 bits per heavy atom. The van der Waals surface area contributed by atoms with Gasteiger partial charge in [-0.05, 0) is 24.8 Å². The van der Waals surface area contributed by atoms with Gasteiger partial charge in [-0.2, -0.15) is 0 Å². The Morgan fingerprint density at radius 3 is 2.89 bits per heavy atom. The zero-order valence-corrected chi connectivity index (χ0v) is 11.1. The molecule has 0 bridgehead atoms. The van der Waals surface area contributed by atoms with E-state index < -0.39 is 5.82 Å². The zero-order valence-electron chi connectivity index (χ0n) is 10.3. The highest BCUT2D eigenvalue weighted by molar-refractivity contribution is 6.32. The molecule has 5 heteroatoms. The smallest absolute Gasteiger partial charge is 0.256 e. The lowest BCUT2D eigenvalue weighted by Crippen LogP contribution is -2.31. The van der Waals surface area contributed by atoms with Gasteiger partial charge in [-0.25, -0.2) is 9.37 Å². The minimum atomic E-state index is -0.544. The van der Waals surface area contributed by atoms with Crippen molar-refractivity contribution in [2.24, 2.45) is 5.92 Å². The van der Waals surface area contributed by atoms with Gasteiger partial charge in [-0.3, -0.25) is 4.79 Å². The van der Waals surface area contributed by atoms with E-state index in [1.54, 1.807) is 11.9 Å². The largest absolute Gasteiger partial charge is 0.341 e. The summed E-state index contributed by atoms with van der Waals surface area (Å²) in [4.78, 5) is 17.4. The number of rotatable bonds is 3. The van der Waals surface area contributed by atoms with Gasteiger partial charge in [0.05, 0.1) is 11.8 Å². The first-order valence-corrected chi connectivity index (χ1v) is 6.52. The normalized spacial score (nSPS) is 15.9. The molecule has 1 aliphatic carbocycles. The van der Waals surface area contributed by atoms with Gasteiger partial charge in [0.25, 0.3) is 5.91 Å². The molecule has 0 radical (unpaired) electrons. The fraction of sp³-hybridized carbons (Fsp3) is 0.538. The van der Waals surface area contributed by atoms with E-state index in [-0.39, 0.29) is 16.6 Å². The van der Waals surface area contributed by atoms with E-state index in [1.807, 2.05) is 0 Å². The van der Waals surface area contributed by atoms with E-state index in [0.717, 1.165) is 25.1 Å². The van der Waals surface area contributed by atoms with Crippen molar-refractivity contribution in [3.63, 3.8) is 0 Å². The molecule has 1 amide bonds. The number of pyridine rings is 1. The van der Waals surface area contributed by atoms with Gasteiger partial charge >= 0.3 is 0 Å². The number of halogens is 2. The third kappa shape index (κ3) is 2.99. The van der Waals surface area contributed by atoms with Crippen molar-refractivity contribution in [2.75, 3.05) is 13.6 Å². The van der Waals surface area contributed by atoms with Gasteiger partial charge in [-0.15, -0.1) is 0 Å². The Kier molecular flexibility index (Phi) is 4.17. The van der Waals surface area contributed by atoms with Gasteiger partial charge in [0.1, 0.15) is 11.0 Å². The van der Waals surface area contributed by atoms with E-state index in [9.17, 15) is 9.18 Å². The predicted octanol–water partition coefficient (Wildman–Crippen LogP) is 3.14. The minimum absolute atomic E-state index is 0.0553. The molecule has 98 valence electrons. The average molecular weight is 271 g/mol. The van der Waals surface area contributed by atoms with Crippen molar-refractivity contribution in [1.29, 1.82) is 0 Å². The summed E-state index contributed by atoms with van der Waals surface area (Å²) >= 11 is 5.83. The topological polar surface area (TPSA) is 33.2 Å². The number of hydrogen-bond donors (Lipinski definition) is 0. The van der Waals surface area contributed by atoms with Crippen LogP contribution >= 0.6 is 11.6 Å². The summed E-state index contributed by atoms with van der Waals surface area (Å²) in [7, 11) is 1.72. The molecule has 18 heavy (non-hydrogen) atoms. The first-order valence-electron chi connectivity index (χ1n) is 6.14. The average Bonchev–Trinajstić information content (AvgIpc) is 2.84. The van der Waals surface area contributed by atoms with Gasteiger partial charge < -0.3 is 4.90 Å².